The van der Waals surface area contributed by atoms with Crippen LogP contribution in [0, 0.1) is 5.92 Å². The molecule has 130 valence electrons. The first-order chi connectivity index (χ1) is 11.6. The first-order valence-electron chi connectivity index (χ1n) is 8.95. The van der Waals surface area contributed by atoms with Crippen molar-refractivity contribution < 1.29 is 9.59 Å². The second kappa shape index (κ2) is 8.02. The molecular weight excluding hydrogens is 324 g/mol. The number of amides is 2. The number of rotatable bonds is 4. The van der Waals surface area contributed by atoms with E-state index in [2.05, 4.69) is 5.32 Å². The molecule has 3 rings (SSSR count). The zero-order chi connectivity index (χ0) is 16.9. The van der Waals surface area contributed by atoms with Crippen LogP contribution < -0.4 is 5.32 Å². The van der Waals surface area contributed by atoms with Crippen molar-refractivity contribution in [1.29, 1.82) is 0 Å². The highest BCUT2D eigenvalue weighted by atomic mass is 35.5. The predicted octanol–water partition coefficient (Wildman–Crippen LogP) is 3.18. The Morgan fingerprint density at radius 1 is 1.08 bits per heavy atom. The van der Waals surface area contributed by atoms with Gasteiger partial charge in [-0.3, -0.25) is 9.59 Å². The summed E-state index contributed by atoms with van der Waals surface area (Å²) in [6, 6.07) is 7.59. The lowest BCUT2D eigenvalue weighted by Crippen LogP contribution is -2.48. The average Bonchev–Trinajstić information content (AvgIpc) is 3.11. The fourth-order valence-electron chi connectivity index (χ4n) is 3.77. The largest absolute Gasteiger partial charge is 0.353 e. The Hall–Kier alpha value is -1.55. The van der Waals surface area contributed by atoms with Gasteiger partial charge in [0.25, 0.3) is 0 Å². The molecule has 1 aromatic rings. The van der Waals surface area contributed by atoms with Crippen molar-refractivity contribution in [3.05, 3.63) is 34.9 Å². The van der Waals surface area contributed by atoms with E-state index in [9.17, 15) is 9.59 Å². The van der Waals surface area contributed by atoms with Crippen LogP contribution in [0.5, 0.6) is 0 Å². The molecule has 1 heterocycles. The number of carbonyl (C=O) groups is 2. The van der Waals surface area contributed by atoms with Gasteiger partial charge in [-0.15, -0.1) is 0 Å². The van der Waals surface area contributed by atoms with E-state index < -0.39 is 0 Å². The van der Waals surface area contributed by atoms with E-state index in [0.717, 1.165) is 44.3 Å². The van der Waals surface area contributed by atoms with Gasteiger partial charge in [0.15, 0.2) is 0 Å². The van der Waals surface area contributed by atoms with E-state index in [1.165, 1.54) is 12.8 Å². The molecule has 1 aliphatic heterocycles. The normalized spacial score (nSPS) is 19.5. The van der Waals surface area contributed by atoms with Crippen molar-refractivity contribution in [2.45, 2.75) is 51.0 Å². The molecule has 0 atom stereocenters. The van der Waals surface area contributed by atoms with Gasteiger partial charge in [0.1, 0.15) is 0 Å². The third-order valence-corrected chi connectivity index (χ3v) is 5.55. The minimum absolute atomic E-state index is 0.00340. The summed E-state index contributed by atoms with van der Waals surface area (Å²) < 4.78 is 0. The second-order valence-electron chi connectivity index (χ2n) is 6.92. The van der Waals surface area contributed by atoms with Gasteiger partial charge >= 0.3 is 0 Å². The van der Waals surface area contributed by atoms with Crippen molar-refractivity contribution in [1.82, 2.24) is 10.2 Å². The van der Waals surface area contributed by atoms with Gasteiger partial charge < -0.3 is 10.2 Å². The molecule has 1 saturated carbocycles. The summed E-state index contributed by atoms with van der Waals surface area (Å²) >= 11 is 6.10. The molecule has 24 heavy (non-hydrogen) atoms. The van der Waals surface area contributed by atoms with Crippen LogP contribution in [-0.2, 0) is 16.0 Å². The van der Waals surface area contributed by atoms with E-state index in [-0.39, 0.29) is 17.9 Å². The molecule has 2 aliphatic rings. The van der Waals surface area contributed by atoms with Crippen LogP contribution in [0.25, 0.3) is 0 Å². The lowest BCUT2D eigenvalue weighted by atomic mass is 10.0. The smallest absolute Gasteiger partial charge is 0.225 e. The molecule has 2 fully saturated rings. The number of benzene rings is 1. The van der Waals surface area contributed by atoms with Crippen LogP contribution in [0.1, 0.15) is 44.1 Å². The topological polar surface area (TPSA) is 49.4 Å². The maximum absolute atomic E-state index is 12.4. The Morgan fingerprint density at radius 3 is 2.42 bits per heavy atom. The third kappa shape index (κ3) is 4.29. The molecule has 5 heteroatoms. The Bertz CT molecular complexity index is 591. The van der Waals surface area contributed by atoms with Gasteiger partial charge in [0.2, 0.25) is 11.8 Å². The molecule has 2 amide bonds. The molecule has 1 aliphatic carbocycles. The van der Waals surface area contributed by atoms with Gasteiger partial charge in [0, 0.05) is 30.1 Å². The molecule has 4 nitrogen and oxygen atoms in total. The summed E-state index contributed by atoms with van der Waals surface area (Å²) in [5.41, 5.74) is 0.852. The van der Waals surface area contributed by atoms with Gasteiger partial charge in [-0.25, -0.2) is 0 Å². The molecule has 0 aromatic heterocycles. The average molecular weight is 349 g/mol. The predicted molar refractivity (Wildman–Crippen MR) is 94.9 cm³/mol. The van der Waals surface area contributed by atoms with Crippen molar-refractivity contribution in [2.24, 2.45) is 5.92 Å². The Labute approximate surface area is 148 Å². The van der Waals surface area contributed by atoms with Gasteiger partial charge in [-0.1, -0.05) is 42.6 Å². The number of hydrogen-bond donors (Lipinski definition) is 1. The maximum Gasteiger partial charge on any atom is 0.225 e. The molecular formula is C19H25ClN2O2. The number of nitrogens with one attached hydrogen (secondary N) is 1. The summed E-state index contributed by atoms with van der Waals surface area (Å²) in [6.45, 7) is 1.51. The summed E-state index contributed by atoms with van der Waals surface area (Å²) in [5, 5.41) is 3.72. The monoisotopic (exact) mass is 348 g/mol. The quantitative estimate of drug-likeness (QED) is 0.908. The molecule has 0 radical (unpaired) electrons. The maximum atomic E-state index is 12.4. The van der Waals surface area contributed by atoms with E-state index in [1.807, 2.05) is 23.1 Å². The fourth-order valence-corrected chi connectivity index (χ4v) is 3.97. The van der Waals surface area contributed by atoms with Crippen LogP contribution in [0.2, 0.25) is 5.02 Å². The first kappa shape index (κ1) is 17.3. The van der Waals surface area contributed by atoms with Crippen LogP contribution in [0.4, 0.5) is 0 Å². The van der Waals surface area contributed by atoms with Crippen molar-refractivity contribution in [2.75, 3.05) is 13.1 Å². The van der Waals surface area contributed by atoms with Gasteiger partial charge in [-0.2, -0.15) is 0 Å². The van der Waals surface area contributed by atoms with E-state index in [1.54, 1.807) is 6.07 Å². The van der Waals surface area contributed by atoms with E-state index >= 15 is 0 Å². The molecule has 1 N–H and O–H groups in total. The number of likely N-dealkylation sites (tertiary alicyclic amines) is 1. The number of hydrogen-bond acceptors (Lipinski definition) is 2. The number of halogens is 1. The zero-order valence-corrected chi connectivity index (χ0v) is 14.7. The third-order valence-electron chi connectivity index (χ3n) is 5.19. The van der Waals surface area contributed by atoms with E-state index in [0.29, 0.717) is 17.4 Å². The molecule has 1 saturated heterocycles. The molecule has 1 aromatic carbocycles. The van der Waals surface area contributed by atoms with Crippen LogP contribution in [-0.4, -0.2) is 35.8 Å². The summed E-state index contributed by atoms with van der Waals surface area (Å²) in [7, 11) is 0. The van der Waals surface area contributed by atoms with Crippen LogP contribution in [0.3, 0.4) is 0 Å². The van der Waals surface area contributed by atoms with Gasteiger partial charge in [-0.05, 0) is 37.3 Å². The molecule has 0 bridgehead atoms. The number of nitrogens with zero attached hydrogens (tertiary/aromatic N) is 1. The van der Waals surface area contributed by atoms with Crippen molar-refractivity contribution in [3.63, 3.8) is 0 Å². The van der Waals surface area contributed by atoms with Crippen molar-refractivity contribution >= 4 is 23.4 Å². The minimum atomic E-state index is 0.00340. The Kier molecular flexibility index (Phi) is 5.77. The van der Waals surface area contributed by atoms with Crippen LogP contribution in [0.15, 0.2) is 24.3 Å². The summed E-state index contributed by atoms with van der Waals surface area (Å²) in [6.07, 6.45) is 6.46. The standard InChI is InChI=1S/C19H25ClN2O2/c20-17-8-4-3-7-15(17)13-18(23)21-16-9-11-22(12-10-16)19(24)14-5-1-2-6-14/h3-4,7-8,14,16H,1-2,5-6,9-13H2,(H,21,23). The summed E-state index contributed by atoms with van der Waals surface area (Å²) in [4.78, 5) is 26.6. The first-order valence-corrected chi connectivity index (χ1v) is 9.33. The van der Waals surface area contributed by atoms with E-state index in [4.69, 9.17) is 11.6 Å². The van der Waals surface area contributed by atoms with Crippen LogP contribution >= 0.6 is 11.6 Å². The number of piperidine rings is 1. The van der Waals surface area contributed by atoms with Gasteiger partial charge in [0.05, 0.1) is 6.42 Å². The lowest BCUT2D eigenvalue weighted by Gasteiger charge is -2.34. The highest BCUT2D eigenvalue weighted by Gasteiger charge is 2.30. The SMILES string of the molecule is O=C(Cc1ccccc1Cl)NC1CCN(C(=O)C2CCCC2)CC1. The minimum Gasteiger partial charge on any atom is -0.353 e. The van der Waals surface area contributed by atoms with Crippen molar-refractivity contribution in [3.8, 4) is 0 Å². The number of carbonyl (C=O) groups excluding carboxylic acids is 2. The second-order valence-corrected chi connectivity index (χ2v) is 7.32. The fraction of sp³-hybridized carbons (Fsp3) is 0.579. The zero-order valence-electron chi connectivity index (χ0n) is 14.0. The Morgan fingerprint density at radius 2 is 1.75 bits per heavy atom. The summed E-state index contributed by atoms with van der Waals surface area (Å²) in [5.74, 6) is 0.577. The molecule has 0 unspecified atom stereocenters. The lowest BCUT2D eigenvalue weighted by molar-refractivity contribution is -0.136. The highest BCUT2D eigenvalue weighted by Crippen LogP contribution is 2.27. The molecule has 0 spiro atoms. The highest BCUT2D eigenvalue weighted by molar-refractivity contribution is 6.31. The Balaban J connectivity index is 1.44.